The Kier molecular flexibility index (Phi) is 6.57. The quantitative estimate of drug-likeness (QED) is 0.727. The maximum atomic E-state index is 11.8. The van der Waals surface area contributed by atoms with Crippen molar-refractivity contribution in [3.63, 3.8) is 0 Å². The van der Waals surface area contributed by atoms with E-state index in [2.05, 4.69) is 20.9 Å². The monoisotopic (exact) mass is 330 g/mol. The lowest BCUT2D eigenvalue weighted by atomic mass is 10.3. The molecule has 3 N–H and O–H groups in total. The Balaban J connectivity index is 1.65. The molecule has 1 fully saturated rings. The minimum absolute atomic E-state index is 0.242. The summed E-state index contributed by atoms with van der Waals surface area (Å²) in [5.74, 6) is 0. The molecule has 21 heavy (non-hydrogen) atoms. The van der Waals surface area contributed by atoms with Crippen LogP contribution in [0.2, 0.25) is 10.0 Å². The lowest BCUT2D eigenvalue weighted by Crippen LogP contribution is -2.44. The first kappa shape index (κ1) is 16.4. The average Bonchev–Trinajstić information content (AvgIpc) is 2.43. The molecule has 2 rings (SSSR count). The number of benzene rings is 1. The lowest BCUT2D eigenvalue weighted by molar-refractivity contribution is 0.234. The SMILES string of the molecule is O=C(NCCCN1CCNCC1)Nc1cc(Cl)cc(Cl)c1. The molecule has 1 aromatic carbocycles. The molecule has 0 spiro atoms. The maximum absolute atomic E-state index is 11.8. The number of nitrogens with zero attached hydrogens (tertiary/aromatic N) is 1. The van der Waals surface area contributed by atoms with Gasteiger partial charge in [-0.2, -0.15) is 0 Å². The van der Waals surface area contributed by atoms with E-state index in [0.717, 1.165) is 39.1 Å². The smallest absolute Gasteiger partial charge is 0.319 e. The average molecular weight is 331 g/mol. The third kappa shape index (κ3) is 6.09. The first-order valence-electron chi connectivity index (χ1n) is 7.07. The van der Waals surface area contributed by atoms with E-state index in [1.165, 1.54) is 0 Å². The van der Waals surface area contributed by atoms with Crippen molar-refractivity contribution < 1.29 is 4.79 Å². The number of piperazine rings is 1. The summed E-state index contributed by atoms with van der Waals surface area (Å²) in [7, 11) is 0. The van der Waals surface area contributed by atoms with Gasteiger partial charge in [0.05, 0.1) is 0 Å². The first-order chi connectivity index (χ1) is 10.1. The molecule has 0 bridgehead atoms. The van der Waals surface area contributed by atoms with Crippen LogP contribution in [0.5, 0.6) is 0 Å². The van der Waals surface area contributed by atoms with Crippen molar-refractivity contribution in [1.29, 1.82) is 0 Å². The van der Waals surface area contributed by atoms with Crippen molar-refractivity contribution in [2.75, 3.05) is 44.6 Å². The Morgan fingerprint density at radius 1 is 1.19 bits per heavy atom. The standard InChI is InChI=1S/C14H20Cl2N4O/c15-11-8-12(16)10-13(9-11)19-14(21)18-2-1-5-20-6-3-17-4-7-20/h8-10,17H,1-7H2,(H2,18,19,21). The summed E-state index contributed by atoms with van der Waals surface area (Å²) >= 11 is 11.8. The van der Waals surface area contributed by atoms with E-state index in [4.69, 9.17) is 23.2 Å². The zero-order valence-electron chi connectivity index (χ0n) is 11.8. The molecule has 0 radical (unpaired) electrons. The normalized spacial score (nSPS) is 15.7. The van der Waals surface area contributed by atoms with E-state index in [9.17, 15) is 4.79 Å². The highest BCUT2D eigenvalue weighted by molar-refractivity contribution is 6.35. The number of hydrogen-bond donors (Lipinski definition) is 3. The number of carbonyl (C=O) groups excluding carboxylic acids is 1. The van der Waals surface area contributed by atoms with E-state index in [1.54, 1.807) is 18.2 Å². The highest BCUT2D eigenvalue weighted by atomic mass is 35.5. The molecule has 2 amide bonds. The van der Waals surface area contributed by atoms with Gasteiger partial charge in [-0.3, -0.25) is 0 Å². The molecule has 1 saturated heterocycles. The van der Waals surface area contributed by atoms with Crippen LogP contribution in [0.25, 0.3) is 0 Å². The van der Waals surface area contributed by atoms with E-state index in [-0.39, 0.29) is 6.03 Å². The number of amides is 2. The number of nitrogens with one attached hydrogen (secondary N) is 3. The molecule has 1 aromatic rings. The summed E-state index contributed by atoms with van der Waals surface area (Å²) in [5, 5.41) is 9.86. The van der Waals surface area contributed by atoms with Gasteiger partial charge in [0.25, 0.3) is 0 Å². The van der Waals surface area contributed by atoms with Gasteiger partial charge in [-0.05, 0) is 31.2 Å². The van der Waals surface area contributed by atoms with Gasteiger partial charge in [0.15, 0.2) is 0 Å². The topological polar surface area (TPSA) is 56.4 Å². The summed E-state index contributed by atoms with van der Waals surface area (Å²) < 4.78 is 0. The molecule has 0 aliphatic carbocycles. The van der Waals surface area contributed by atoms with Crippen LogP contribution in [0.4, 0.5) is 10.5 Å². The summed E-state index contributed by atoms with van der Waals surface area (Å²) in [6.07, 6.45) is 0.934. The number of carbonyl (C=O) groups is 1. The number of halogens is 2. The number of urea groups is 1. The van der Waals surface area contributed by atoms with E-state index < -0.39 is 0 Å². The fourth-order valence-corrected chi connectivity index (χ4v) is 2.77. The Morgan fingerprint density at radius 3 is 2.52 bits per heavy atom. The first-order valence-corrected chi connectivity index (χ1v) is 7.83. The Hall–Kier alpha value is -1.01. The number of rotatable bonds is 5. The van der Waals surface area contributed by atoms with Crippen molar-refractivity contribution in [2.45, 2.75) is 6.42 Å². The molecule has 0 saturated carbocycles. The van der Waals surface area contributed by atoms with Crippen molar-refractivity contribution in [1.82, 2.24) is 15.5 Å². The van der Waals surface area contributed by atoms with Gasteiger partial charge in [-0.25, -0.2) is 4.79 Å². The molecule has 1 aliphatic heterocycles. The molecule has 0 atom stereocenters. The summed E-state index contributed by atoms with van der Waals surface area (Å²) in [6.45, 7) is 5.89. The predicted octanol–water partition coefficient (Wildman–Crippen LogP) is 2.41. The molecule has 1 heterocycles. The van der Waals surface area contributed by atoms with Crippen LogP contribution in [0.15, 0.2) is 18.2 Å². The molecular formula is C14H20Cl2N4O. The van der Waals surface area contributed by atoms with Crippen LogP contribution in [-0.2, 0) is 0 Å². The largest absolute Gasteiger partial charge is 0.338 e. The number of anilines is 1. The molecule has 0 unspecified atom stereocenters. The molecular weight excluding hydrogens is 311 g/mol. The second-order valence-electron chi connectivity index (χ2n) is 4.98. The van der Waals surface area contributed by atoms with Crippen LogP contribution >= 0.6 is 23.2 Å². The van der Waals surface area contributed by atoms with Gasteiger partial charge in [-0.15, -0.1) is 0 Å². The summed E-state index contributed by atoms with van der Waals surface area (Å²) in [5.41, 5.74) is 0.590. The predicted molar refractivity (Wildman–Crippen MR) is 87.4 cm³/mol. The Morgan fingerprint density at radius 2 is 1.86 bits per heavy atom. The highest BCUT2D eigenvalue weighted by Crippen LogP contribution is 2.22. The Labute approximate surface area is 135 Å². The fourth-order valence-electron chi connectivity index (χ4n) is 2.24. The second kappa shape index (κ2) is 8.44. The van der Waals surface area contributed by atoms with Crippen molar-refractivity contribution in [3.8, 4) is 0 Å². The number of hydrogen-bond acceptors (Lipinski definition) is 3. The molecule has 116 valence electrons. The summed E-state index contributed by atoms with van der Waals surface area (Å²) in [4.78, 5) is 14.1. The van der Waals surface area contributed by atoms with Gasteiger partial charge in [-0.1, -0.05) is 23.2 Å². The van der Waals surface area contributed by atoms with Gasteiger partial charge in [0.1, 0.15) is 0 Å². The van der Waals surface area contributed by atoms with Crippen LogP contribution in [0, 0.1) is 0 Å². The summed E-state index contributed by atoms with van der Waals surface area (Å²) in [6, 6.07) is 4.70. The van der Waals surface area contributed by atoms with Crippen molar-refractivity contribution >= 4 is 34.9 Å². The fraction of sp³-hybridized carbons (Fsp3) is 0.500. The lowest BCUT2D eigenvalue weighted by Gasteiger charge is -2.27. The molecule has 0 aromatic heterocycles. The van der Waals surface area contributed by atoms with Gasteiger partial charge < -0.3 is 20.9 Å². The van der Waals surface area contributed by atoms with Gasteiger partial charge in [0.2, 0.25) is 0 Å². The van der Waals surface area contributed by atoms with Gasteiger partial charge in [0, 0.05) is 48.5 Å². The molecule has 7 heteroatoms. The van der Waals surface area contributed by atoms with Crippen LogP contribution in [0.3, 0.4) is 0 Å². The van der Waals surface area contributed by atoms with Gasteiger partial charge >= 0.3 is 6.03 Å². The van der Waals surface area contributed by atoms with E-state index >= 15 is 0 Å². The zero-order chi connectivity index (χ0) is 15.1. The highest BCUT2D eigenvalue weighted by Gasteiger charge is 2.09. The van der Waals surface area contributed by atoms with E-state index in [0.29, 0.717) is 22.3 Å². The van der Waals surface area contributed by atoms with Crippen LogP contribution < -0.4 is 16.0 Å². The molecule has 1 aliphatic rings. The minimum Gasteiger partial charge on any atom is -0.338 e. The minimum atomic E-state index is -0.242. The second-order valence-corrected chi connectivity index (χ2v) is 5.86. The van der Waals surface area contributed by atoms with Crippen LogP contribution in [-0.4, -0.2) is 50.2 Å². The maximum Gasteiger partial charge on any atom is 0.319 e. The van der Waals surface area contributed by atoms with E-state index in [1.807, 2.05) is 0 Å². The zero-order valence-corrected chi connectivity index (χ0v) is 13.3. The van der Waals surface area contributed by atoms with Crippen molar-refractivity contribution in [2.24, 2.45) is 0 Å². The van der Waals surface area contributed by atoms with Crippen molar-refractivity contribution in [3.05, 3.63) is 28.2 Å². The third-order valence-electron chi connectivity index (χ3n) is 3.27. The Bertz CT molecular complexity index is 458. The third-order valence-corrected chi connectivity index (χ3v) is 3.70. The molecule has 5 nitrogen and oxygen atoms in total. The van der Waals surface area contributed by atoms with Crippen LogP contribution in [0.1, 0.15) is 6.42 Å².